The van der Waals surface area contributed by atoms with Crippen LogP contribution in [0.3, 0.4) is 0 Å². The summed E-state index contributed by atoms with van der Waals surface area (Å²) in [6.07, 6.45) is 0. The van der Waals surface area contributed by atoms with Crippen molar-refractivity contribution in [1.29, 1.82) is 0 Å². The average Bonchev–Trinajstić information content (AvgIpc) is 2.88. The van der Waals surface area contributed by atoms with Gasteiger partial charge in [0.25, 0.3) is 0 Å². The number of Topliss-reactive ketones (excluding diaryl/α,β-unsaturated/α-hetero) is 1. The monoisotopic (exact) mass is 314 g/mol. The molecule has 0 amide bonds. The van der Waals surface area contributed by atoms with Crippen LogP contribution in [0.4, 0.5) is 4.39 Å². The van der Waals surface area contributed by atoms with Crippen LogP contribution < -0.4 is 4.74 Å². The van der Waals surface area contributed by atoms with E-state index in [1.165, 1.54) is 19.1 Å². The maximum Gasteiger partial charge on any atom is 0.162 e. The van der Waals surface area contributed by atoms with Gasteiger partial charge in [0.2, 0.25) is 0 Å². The fourth-order valence-corrected chi connectivity index (χ4v) is 2.16. The van der Waals surface area contributed by atoms with E-state index in [4.69, 9.17) is 4.74 Å². The number of carbonyl (C=O) groups is 1. The topological polar surface area (TPSA) is 55.0 Å². The molecule has 0 saturated carbocycles. The van der Waals surface area contributed by atoms with E-state index in [1.807, 2.05) is 25.1 Å². The molecule has 5 heteroatoms. The number of fused-ring (bicyclic) bond motifs is 1. The second kappa shape index (κ2) is 7.05. The standard InChI is InChI=1S/C9H9FO.C9H10N2O/c1-6-3-4-8(7(2)11)9(10)5-6;1-6-8-4-3-7(12-2)5-9(8)11-10-6/h3-5H,1-2H3;3-5H,1-2H3,(H,10,11). The largest absolute Gasteiger partial charge is 0.497 e. The smallest absolute Gasteiger partial charge is 0.162 e. The predicted molar refractivity (Wildman–Crippen MR) is 88.5 cm³/mol. The molecule has 3 rings (SSSR count). The number of hydrogen-bond acceptors (Lipinski definition) is 3. The summed E-state index contributed by atoms with van der Waals surface area (Å²) >= 11 is 0. The number of halogens is 1. The van der Waals surface area contributed by atoms with Crippen molar-refractivity contribution in [3.05, 3.63) is 59.0 Å². The summed E-state index contributed by atoms with van der Waals surface area (Å²) in [6, 6.07) is 10.4. The van der Waals surface area contributed by atoms with E-state index in [-0.39, 0.29) is 11.3 Å². The molecular weight excluding hydrogens is 295 g/mol. The predicted octanol–water partition coefficient (Wildman–Crippen LogP) is 4.22. The fourth-order valence-electron chi connectivity index (χ4n) is 2.16. The van der Waals surface area contributed by atoms with Gasteiger partial charge in [-0.05, 0) is 50.6 Å². The number of nitrogens with one attached hydrogen (secondary N) is 1. The molecule has 3 aromatic rings. The van der Waals surface area contributed by atoms with E-state index in [0.29, 0.717) is 0 Å². The third kappa shape index (κ3) is 3.94. The maximum atomic E-state index is 12.9. The third-order valence-corrected chi connectivity index (χ3v) is 3.46. The molecule has 4 nitrogen and oxygen atoms in total. The van der Waals surface area contributed by atoms with Gasteiger partial charge in [-0.25, -0.2) is 4.39 Å². The van der Waals surface area contributed by atoms with Crippen LogP contribution in [-0.2, 0) is 0 Å². The number of aromatic amines is 1. The van der Waals surface area contributed by atoms with E-state index >= 15 is 0 Å². The Morgan fingerprint density at radius 3 is 2.52 bits per heavy atom. The molecule has 0 bridgehead atoms. The number of ketones is 1. The molecule has 1 N–H and O–H groups in total. The maximum absolute atomic E-state index is 12.9. The second-order valence-corrected chi connectivity index (χ2v) is 5.27. The number of aromatic nitrogens is 2. The van der Waals surface area contributed by atoms with Crippen LogP contribution in [0.1, 0.15) is 28.5 Å². The van der Waals surface area contributed by atoms with Crippen LogP contribution in [-0.4, -0.2) is 23.1 Å². The van der Waals surface area contributed by atoms with Gasteiger partial charge < -0.3 is 4.74 Å². The molecular formula is C18H19FN2O2. The van der Waals surface area contributed by atoms with Crippen LogP contribution in [0.15, 0.2) is 36.4 Å². The van der Waals surface area contributed by atoms with Crippen molar-refractivity contribution in [3.8, 4) is 5.75 Å². The van der Waals surface area contributed by atoms with Gasteiger partial charge in [-0.1, -0.05) is 6.07 Å². The van der Waals surface area contributed by atoms with Gasteiger partial charge in [0.05, 0.1) is 18.2 Å². The zero-order chi connectivity index (χ0) is 17.0. The summed E-state index contributed by atoms with van der Waals surface area (Å²) < 4.78 is 18.0. The first kappa shape index (κ1) is 16.7. The Balaban J connectivity index is 0.000000168. The first-order valence-electron chi connectivity index (χ1n) is 7.18. The molecule has 0 aliphatic carbocycles. The number of ether oxygens (including phenoxy) is 1. The summed E-state index contributed by atoms with van der Waals surface area (Å²) in [5, 5.41) is 8.19. The zero-order valence-electron chi connectivity index (χ0n) is 13.6. The van der Waals surface area contributed by atoms with Crippen molar-refractivity contribution >= 4 is 16.7 Å². The van der Waals surface area contributed by atoms with Crippen molar-refractivity contribution in [2.75, 3.05) is 7.11 Å². The van der Waals surface area contributed by atoms with E-state index in [9.17, 15) is 9.18 Å². The van der Waals surface area contributed by atoms with Gasteiger partial charge in [-0.15, -0.1) is 0 Å². The van der Waals surface area contributed by atoms with Gasteiger partial charge in [0.15, 0.2) is 5.78 Å². The third-order valence-electron chi connectivity index (χ3n) is 3.46. The van der Waals surface area contributed by atoms with Crippen LogP contribution in [0.25, 0.3) is 10.9 Å². The Morgan fingerprint density at radius 2 is 1.91 bits per heavy atom. The first-order valence-corrected chi connectivity index (χ1v) is 7.18. The number of H-pyrrole nitrogens is 1. The molecule has 0 aliphatic rings. The molecule has 1 heterocycles. The number of carbonyl (C=O) groups excluding carboxylic acids is 1. The summed E-state index contributed by atoms with van der Waals surface area (Å²) in [6.45, 7) is 5.14. The van der Waals surface area contributed by atoms with Crippen LogP contribution >= 0.6 is 0 Å². The second-order valence-electron chi connectivity index (χ2n) is 5.27. The first-order chi connectivity index (χ1) is 10.9. The highest BCUT2D eigenvalue weighted by molar-refractivity contribution is 5.94. The molecule has 2 aromatic carbocycles. The lowest BCUT2D eigenvalue weighted by Gasteiger charge is -1.98. The molecule has 1 aromatic heterocycles. The van der Waals surface area contributed by atoms with Gasteiger partial charge in [-0.3, -0.25) is 9.89 Å². The minimum absolute atomic E-state index is 0.163. The van der Waals surface area contributed by atoms with Crippen LogP contribution in [0, 0.1) is 19.7 Å². The van der Waals surface area contributed by atoms with Crippen LogP contribution in [0.2, 0.25) is 0 Å². The van der Waals surface area contributed by atoms with Crippen molar-refractivity contribution < 1.29 is 13.9 Å². The van der Waals surface area contributed by atoms with E-state index in [0.717, 1.165) is 27.9 Å². The highest BCUT2D eigenvalue weighted by atomic mass is 19.1. The lowest BCUT2D eigenvalue weighted by molar-refractivity contribution is 0.101. The normalized spacial score (nSPS) is 10.1. The van der Waals surface area contributed by atoms with Crippen molar-refractivity contribution in [1.82, 2.24) is 10.2 Å². The van der Waals surface area contributed by atoms with E-state index in [2.05, 4.69) is 10.2 Å². The highest BCUT2D eigenvalue weighted by Crippen LogP contribution is 2.20. The molecule has 0 atom stereocenters. The zero-order valence-corrected chi connectivity index (χ0v) is 13.6. The molecule has 0 spiro atoms. The highest BCUT2D eigenvalue weighted by Gasteiger charge is 2.05. The molecule has 23 heavy (non-hydrogen) atoms. The lowest BCUT2D eigenvalue weighted by atomic mass is 10.1. The summed E-state index contributed by atoms with van der Waals surface area (Å²) in [5.41, 5.74) is 3.03. The SMILES string of the molecule is CC(=O)c1ccc(C)cc1F.COc1ccc2c(C)[nH]nc2c1. The summed E-state index contributed by atoms with van der Waals surface area (Å²) in [7, 11) is 1.65. The Hall–Kier alpha value is -2.69. The quantitative estimate of drug-likeness (QED) is 0.721. The number of rotatable bonds is 2. The minimum atomic E-state index is -0.433. The fraction of sp³-hybridized carbons (Fsp3) is 0.222. The Bertz CT molecular complexity index is 840. The van der Waals surface area contributed by atoms with Crippen molar-refractivity contribution in [2.45, 2.75) is 20.8 Å². The molecule has 0 radical (unpaired) electrons. The minimum Gasteiger partial charge on any atom is -0.497 e. The Labute approximate surface area is 134 Å². The molecule has 120 valence electrons. The van der Waals surface area contributed by atoms with Gasteiger partial charge in [0, 0.05) is 17.1 Å². The average molecular weight is 314 g/mol. The number of aryl methyl sites for hydroxylation is 2. The number of nitrogens with zero attached hydrogens (tertiary/aromatic N) is 1. The van der Waals surface area contributed by atoms with Gasteiger partial charge in [-0.2, -0.15) is 5.10 Å². The van der Waals surface area contributed by atoms with Gasteiger partial charge >= 0.3 is 0 Å². The Morgan fingerprint density at radius 1 is 1.17 bits per heavy atom. The van der Waals surface area contributed by atoms with Crippen molar-refractivity contribution in [2.24, 2.45) is 0 Å². The molecule has 0 unspecified atom stereocenters. The molecule has 0 fully saturated rings. The van der Waals surface area contributed by atoms with E-state index in [1.54, 1.807) is 20.1 Å². The lowest BCUT2D eigenvalue weighted by Crippen LogP contribution is -1.96. The number of methoxy groups -OCH3 is 1. The van der Waals surface area contributed by atoms with Gasteiger partial charge in [0.1, 0.15) is 11.6 Å². The summed E-state index contributed by atoms with van der Waals surface area (Å²) in [5.74, 6) is 0.175. The molecule has 0 aliphatic heterocycles. The summed E-state index contributed by atoms with van der Waals surface area (Å²) in [4.78, 5) is 10.7. The molecule has 0 saturated heterocycles. The Kier molecular flexibility index (Phi) is 5.11. The number of benzene rings is 2. The number of hydrogen-bond donors (Lipinski definition) is 1. The van der Waals surface area contributed by atoms with E-state index < -0.39 is 5.82 Å². The van der Waals surface area contributed by atoms with Crippen LogP contribution in [0.5, 0.6) is 5.75 Å². The van der Waals surface area contributed by atoms with Crippen molar-refractivity contribution in [3.63, 3.8) is 0 Å².